The second-order valence-corrected chi connectivity index (χ2v) is 4.78. The molecule has 0 N–H and O–H groups in total. The van der Waals surface area contributed by atoms with Crippen LogP contribution in [-0.2, 0) is 0 Å². The van der Waals surface area contributed by atoms with Crippen LogP contribution < -0.4 is 0 Å². The van der Waals surface area contributed by atoms with Crippen LogP contribution in [0.4, 0.5) is 0 Å². The summed E-state index contributed by atoms with van der Waals surface area (Å²) >= 11 is 17.6. The number of allylic oxidation sites excluding steroid dienone is 1. The zero-order valence-electron chi connectivity index (χ0n) is 7.27. The molecule has 0 amide bonds. The minimum atomic E-state index is -0.0144. The van der Waals surface area contributed by atoms with Crippen LogP contribution in [0.3, 0.4) is 0 Å². The molecule has 0 fully saturated rings. The van der Waals surface area contributed by atoms with Crippen LogP contribution in [0.5, 0.6) is 0 Å². The molecule has 4 heteroatoms. The molecule has 2 atom stereocenters. The lowest BCUT2D eigenvalue weighted by Crippen LogP contribution is -2.12. The Hall–Kier alpha value is 0.827. The second kappa shape index (κ2) is 8.43. The fourth-order valence-corrected chi connectivity index (χ4v) is 2.25. The zero-order chi connectivity index (χ0) is 9.40. The molecule has 0 aliphatic heterocycles. The van der Waals surface area contributed by atoms with E-state index in [1.165, 1.54) is 0 Å². The molecule has 0 bridgehead atoms. The molecule has 0 heterocycles. The van der Waals surface area contributed by atoms with Gasteiger partial charge >= 0.3 is 0 Å². The van der Waals surface area contributed by atoms with Crippen molar-refractivity contribution >= 4 is 45.0 Å². The Bertz CT molecular complexity index is 127. The third kappa shape index (κ3) is 6.35. The van der Waals surface area contributed by atoms with Crippen LogP contribution in [0, 0.1) is 0 Å². The van der Waals surface area contributed by atoms with Crippen molar-refractivity contribution in [3.63, 3.8) is 0 Å². The summed E-state index contributed by atoms with van der Waals surface area (Å²) in [5.74, 6) is 0.715. The van der Waals surface area contributed by atoms with E-state index in [0.29, 0.717) is 5.88 Å². The van der Waals surface area contributed by atoms with Crippen LogP contribution in [0.15, 0.2) is 11.8 Å². The first kappa shape index (κ1) is 12.8. The van der Waals surface area contributed by atoms with Gasteiger partial charge in [0.1, 0.15) is 0 Å². The van der Waals surface area contributed by atoms with E-state index in [9.17, 15) is 0 Å². The summed E-state index contributed by atoms with van der Waals surface area (Å²) < 4.78 is 0. The van der Waals surface area contributed by atoms with Gasteiger partial charge in [0.05, 0.1) is 10.8 Å². The minimum absolute atomic E-state index is 0.0144. The number of rotatable bonds is 6. The second-order valence-electron chi connectivity index (χ2n) is 2.67. The summed E-state index contributed by atoms with van der Waals surface area (Å²) in [5, 5.41) is 0.0413. The van der Waals surface area contributed by atoms with E-state index in [1.54, 1.807) is 0 Å². The fraction of sp³-hybridized carbons (Fsp3) is 0.750. The highest BCUT2D eigenvalue weighted by Gasteiger charge is 2.12. The predicted molar refractivity (Wildman–Crippen MR) is 62.9 cm³/mol. The summed E-state index contributed by atoms with van der Waals surface area (Å²) in [6.45, 7) is 0. The molecule has 0 saturated heterocycles. The third-order valence-electron chi connectivity index (χ3n) is 1.59. The summed E-state index contributed by atoms with van der Waals surface area (Å²) in [7, 11) is 1.04. The van der Waals surface area contributed by atoms with E-state index >= 15 is 0 Å². The molecule has 0 aromatic rings. The Balaban J connectivity index is 3.49. The Kier molecular flexibility index (Phi) is 9.01. The smallest absolute Gasteiger partial charge is 0.0675 e. The molecule has 0 spiro atoms. The van der Waals surface area contributed by atoms with Crippen molar-refractivity contribution < 1.29 is 0 Å². The standard InChI is InChI=1S/C8H15Cl3Si/c9-5-2-1-3-7(10)8(11)4-6-12/h4,6-8H,1-3,5H2,12H3. The van der Waals surface area contributed by atoms with Gasteiger partial charge in [0.2, 0.25) is 0 Å². The first-order chi connectivity index (χ1) is 5.72. The van der Waals surface area contributed by atoms with Gasteiger partial charge in [-0.15, -0.1) is 40.5 Å². The van der Waals surface area contributed by atoms with Crippen LogP contribution in [-0.4, -0.2) is 26.9 Å². The van der Waals surface area contributed by atoms with Crippen molar-refractivity contribution in [3.8, 4) is 0 Å². The van der Waals surface area contributed by atoms with E-state index in [4.69, 9.17) is 34.8 Å². The average Bonchev–Trinajstić information content (AvgIpc) is 2.05. The monoisotopic (exact) mass is 244 g/mol. The molecule has 0 aliphatic carbocycles. The van der Waals surface area contributed by atoms with Gasteiger partial charge in [-0.2, -0.15) is 0 Å². The van der Waals surface area contributed by atoms with Gasteiger partial charge in [0, 0.05) is 16.1 Å². The van der Waals surface area contributed by atoms with E-state index in [-0.39, 0.29) is 10.8 Å². The minimum Gasteiger partial charge on any atom is -0.127 e. The number of hydrogen-bond donors (Lipinski definition) is 0. The molecule has 0 aliphatic rings. The highest BCUT2D eigenvalue weighted by Crippen LogP contribution is 2.17. The summed E-state index contributed by atoms with van der Waals surface area (Å²) in [6.07, 6.45) is 5.02. The van der Waals surface area contributed by atoms with Crippen molar-refractivity contribution in [2.24, 2.45) is 0 Å². The van der Waals surface area contributed by atoms with Crippen LogP contribution in [0.2, 0.25) is 0 Å². The predicted octanol–water partition coefficient (Wildman–Crippen LogP) is 2.49. The lowest BCUT2D eigenvalue weighted by molar-refractivity contribution is 0.687. The highest BCUT2D eigenvalue weighted by molar-refractivity contribution is 6.31. The van der Waals surface area contributed by atoms with Crippen molar-refractivity contribution in [3.05, 3.63) is 11.8 Å². The lowest BCUT2D eigenvalue weighted by Gasteiger charge is -2.11. The molecular formula is C8H15Cl3Si. The van der Waals surface area contributed by atoms with E-state index < -0.39 is 0 Å². The summed E-state index contributed by atoms with van der Waals surface area (Å²) in [4.78, 5) is 0. The van der Waals surface area contributed by atoms with Gasteiger partial charge < -0.3 is 0 Å². The number of hydrogen-bond acceptors (Lipinski definition) is 0. The SMILES string of the molecule is [SiH3]C=CC(Cl)C(Cl)CCCCCl. The van der Waals surface area contributed by atoms with Crippen LogP contribution >= 0.6 is 34.8 Å². The van der Waals surface area contributed by atoms with Gasteiger partial charge in [-0.1, -0.05) is 12.5 Å². The quantitative estimate of drug-likeness (QED) is 0.383. The topological polar surface area (TPSA) is 0 Å². The normalized spacial score (nSPS) is 16.9. The Morgan fingerprint density at radius 3 is 2.42 bits per heavy atom. The Morgan fingerprint density at radius 2 is 1.92 bits per heavy atom. The first-order valence-corrected chi connectivity index (χ1v) is 6.75. The first-order valence-electron chi connectivity index (χ1n) is 4.19. The van der Waals surface area contributed by atoms with Gasteiger partial charge in [0.15, 0.2) is 0 Å². The molecule has 0 aromatic heterocycles. The molecule has 0 aromatic carbocycles. The van der Waals surface area contributed by atoms with E-state index in [2.05, 4.69) is 5.70 Å². The maximum atomic E-state index is 6.03. The zero-order valence-corrected chi connectivity index (χ0v) is 11.5. The molecule has 0 radical (unpaired) electrons. The molecule has 2 unspecified atom stereocenters. The maximum absolute atomic E-state index is 6.03. The molecule has 0 rings (SSSR count). The van der Waals surface area contributed by atoms with Gasteiger partial charge in [-0.3, -0.25) is 0 Å². The molecule has 72 valence electrons. The van der Waals surface area contributed by atoms with Crippen molar-refractivity contribution in [1.82, 2.24) is 0 Å². The van der Waals surface area contributed by atoms with Gasteiger partial charge in [0.25, 0.3) is 0 Å². The van der Waals surface area contributed by atoms with Gasteiger partial charge in [-0.05, 0) is 12.8 Å². The number of alkyl halides is 3. The summed E-state index contributed by atoms with van der Waals surface area (Å²) in [5.41, 5.74) is 2.06. The van der Waals surface area contributed by atoms with Crippen molar-refractivity contribution in [2.45, 2.75) is 30.0 Å². The number of halogens is 3. The molecule has 0 saturated carbocycles. The molecule has 12 heavy (non-hydrogen) atoms. The van der Waals surface area contributed by atoms with Crippen LogP contribution in [0.25, 0.3) is 0 Å². The average molecular weight is 246 g/mol. The van der Waals surface area contributed by atoms with Crippen molar-refractivity contribution in [1.29, 1.82) is 0 Å². The van der Waals surface area contributed by atoms with Crippen LogP contribution in [0.1, 0.15) is 19.3 Å². The van der Waals surface area contributed by atoms with Gasteiger partial charge in [-0.25, -0.2) is 0 Å². The fourth-order valence-electron chi connectivity index (χ4n) is 0.897. The Morgan fingerprint density at radius 1 is 1.25 bits per heavy atom. The Labute approximate surface area is 92.7 Å². The summed E-state index contributed by atoms with van der Waals surface area (Å²) in [6, 6.07) is 0. The molecule has 0 nitrogen and oxygen atoms in total. The largest absolute Gasteiger partial charge is 0.127 e. The van der Waals surface area contributed by atoms with Crippen molar-refractivity contribution in [2.75, 3.05) is 5.88 Å². The number of unbranched alkanes of at least 4 members (excludes halogenated alkanes) is 1. The van der Waals surface area contributed by atoms with E-state index in [0.717, 1.165) is 29.5 Å². The lowest BCUT2D eigenvalue weighted by atomic mass is 10.1. The highest BCUT2D eigenvalue weighted by atomic mass is 35.5. The molecular weight excluding hydrogens is 231 g/mol. The maximum Gasteiger partial charge on any atom is 0.0675 e. The van der Waals surface area contributed by atoms with E-state index in [1.807, 2.05) is 6.08 Å². The third-order valence-corrected chi connectivity index (χ3v) is 3.31.